The Labute approximate surface area is 200 Å². The summed E-state index contributed by atoms with van der Waals surface area (Å²) < 4.78 is 15.9. The van der Waals surface area contributed by atoms with Crippen molar-refractivity contribution in [2.45, 2.75) is 44.8 Å². The molecule has 2 N–H and O–H groups in total. The van der Waals surface area contributed by atoms with Crippen LogP contribution in [0.25, 0.3) is 10.9 Å². The van der Waals surface area contributed by atoms with Crippen molar-refractivity contribution in [2.24, 2.45) is 0 Å². The van der Waals surface area contributed by atoms with Crippen LogP contribution in [0.1, 0.15) is 35.7 Å². The number of quaternary nitrogens is 1. The highest BCUT2D eigenvalue weighted by molar-refractivity contribution is 7.81. The molecule has 4 aromatic rings. The largest absolute Gasteiger partial charge is 0.340 e. The Kier molecular flexibility index (Phi) is 6.04. The van der Waals surface area contributed by atoms with Gasteiger partial charge in [0.2, 0.25) is 0 Å². The molecule has 0 saturated heterocycles. The van der Waals surface area contributed by atoms with E-state index in [2.05, 4.69) is 77.2 Å². The van der Waals surface area contributed by atoms with Crippen LogP contribution in [0.15, 0.2) is 72.8 Å². The number of benzene rings is 3. The van der Waals surface area contributed by atoms with Gasteiger partial charge in [-0.25, -0.2) is 9.29 Å². The van der Waals surface area contributed by atoms with E-state index in [-0.39, 0.29) is 5.82 Å². The minimum Gasteiger partial charge on any atom is -0.340 e. The quantitative estimate of drug-likeness (QED) is 0.233. The normalized spacial score (nSPS) is 16.4. The van der Waals surface area contributed by atoms with E-state index in [1.807, 2.05) is 12.1 Å². The molecule has 3 nitrogen and oxygen atoms in total. The number of halogens is 1. The molecule has 170 valence electrons. The molecule has 0 fully saturated rings. The first-order valence-electron chi connectivity index (χ1n) is 11.6. The Balaban J connectivity index is 1.52. The zero-order valence-corrected chi connectivity index (χ0v) is 20.2. The van der Waals surface area contributed by atoms with Gasteiger partial charge in [-0.15, -0.1) is 0 Å². The van der Waals surface area contributed by atoms with Crippen LogP contribution >= 0.6 is 12.6 Å². The van der Waals surface area contributed by atoms with E-state index in [1.54, 1.807) is 0 Å². The molecule has 2 heterocycles. The molecular weight excluding hydrogens is 429 g/mol. The molecule has 1 unspecified atom stereocenters. The molecule has 0 aliphatic carbocycles. The predicted octanol–water partition coefficient (Wildman–Crippen LogP) is 5.38. The van der Waals surface area contributed by atoms with Crippen molar-refractivity contribution < 1.29 is 9.71 Å². The fourth-order valence-electron chi connectivity index (χ4n) is 5.06. The standard InChI is InChI=1S/C28H30FN3S/c1-20-10-15-27-24(17-20)25-19-31(28(2,33)30-23-13-11-22(29)12-14-23)16-6-9-26(25)32(27)18-21-7-4-3-5-8-21/h3-5,7-8,10-15,17,30,33H,6,9,16,18-19H2,1-2H3/p+1. The summed E-state index contributed by atoms with van der Waals surface area (Å²) in [5, 5.41) is 3.48. The molecule has 0 amide bonds. The van der Waals surface area contributed by atoms with Crippen molar-refractivity contribution in [1.29, 1.82) is 0 Å². The third-order valence-corrected chi connectivity index (χ3v) is 7.18. The fraction of sp³-hybridized carbons (Fsp3) is 0.286. The van der Waals surface area contributed by atoms with Gasteiger partial charge < -0.3 is 4.57 Å². The number of hydrogen-bond donors (Lipinski definition) is 2. The topological polar surface area (TPSA) is 24.8 Å². The van der Waals surface area contributed by atoms with Gasteiger partial charge in [0.1, 0.15) is 11.5 Å². The number of fused-ring (bicyclic) bond motifs is 3. The molecular formula is C28H31FN3S+. The monoisotopic (exact) mass is 460 g/mol. The lowest BCUT2D eigenvalue weighted by Gasteiger charge is -2.34. The van der Waals surface area contributed by atoms with E-state index >= 15 is 0 Å². The second-order valence-electron chi connectivity index (χ2n) is 9.33. The molecule has 5 rings (SSSR count). The van der Waals surface area contributed by atoms with E-state index in [0.29, 0.717) is 0 Å². The molecule has 3 aromatic carbocycles. The Morgan fingerprint density at radius 3 is 2.55 bits per heavy atom. The number of nitrogens with zero attached hydrogens (tertiary/aromatic N) is 2. The van der Waals surface area contributed by atoms with Crippen LogP contribution in [-0.4, -0.2) is 21.0 Å². The Hall–Kier alpha value is -2.60. The van der Waals surface area contributed by atoms with Crippen LogP contribution in [-0.2, 0) is 19.5 Å². The Morgan fingerprint density at radius 1 is 1.03 bits per heavy atom. The summed E-state index contributed by atoms with van der Waals surface area (Å²) in [5.41, 5.74) is 7.75. The van der Waals surface area contributed by atoms with Gasteiger partial charge in [0.25, 0.3) is 0 Å². The minimum atomic E-state index is -0.447. The number of thiol groups is 1. The van der Waals surface area contributed by atoms with E-state index in [4.69, 9.17) is 12.6 Å². The number of hydrogen-bond acceptors (Lipinski definition) is 2. The molecule has 0 spiro atoms. The molecule has 1 aromatic heterocycles. The van der Waals surface area contributed by atoms with E-state index < -0.39 is 4.99 Å². The van der Waals surface area contributed by atoms with Crippen molar-refractivity contribution in [3.8, 4) is 0 Å². The molecule has 1 aliphatic rings. The molecule has 0 radical (unpaired) electrons. The maximum Gasteiger partial charge on any atom is 0.199 e. The van der Waals surface area contributed by atoms with Gasteiger partial charge in [0.15, 0.2) is 4.99 Å². The number of aryl methyl sites for hydroxylation is 1. The van der Waals surface area contributed by atoms with E-state index in [9.17, 15) is 4.39 Å². The van der Waals surface area contributed by atoms with Crippen molar-refractivity contribution in [2.75, 3.05) is 6.54 Å². The summed E-state index contributed by atoms with van der Waals surface area (Å²) in [6, 6.07) is 24.2. The summed E-state index contributed by atoms with van der Waals surface area (Å²) in [5.74, 6) is -0.214. The zero-order chi connectivity index (χ0) is 23.0. The minimum absolute atomic E-state index is 0.214. The van der Waals surface area contributed by atoms with Crippen LogP contribution < -0.4 is 5.32 Å². The zero-order valence-electron chi connectivity index (χ0n) is 19.3. The highest BCUT2D eigenvalue weighted by atomic mass is 32.1. The third-order valence-electron chi connectivity index (χ3n) is 6.77. The van der Waals surface area contributed by atoms with Crippen LogP contribution in [0.3, 0.4) is 0 Å². The highest BCUT2D eigenvalue weighted by Crippen LogP contribution is 2.34. The summed E-state index contributed by atoms with van der Waals surface area (Å²) in [6.45, 7) is 6.99. The van der Waals surface area contributed by atoms with Crippen molar-refractivity contribution in [1.82, 2.24) is 9.47 Å². The van der Waals surface area contributed by atoms with E-state index in [0.717, 1.165) is 38.2 Å². The van der Waals surface area contributed by atoms with Crippen molar-refractivity contribution in [3.63, 3.8) is 0 Å². The molecule has 1 atom stereocenters. The fourth-order valence-corrected chi connectivity index (χ4v) is 5.38. The smallest absolute Gasteiger partial charge is 0.199 e. The summed E-state index contributed by atoms with van der Waals surface area (Å²) in [7, 11) is 0. The van der Waals surface area contributed by atoms with Gasteiger partial charge in [-0.05, 0) is 55.2 Å². The second kappa shape index (κ2) is 8.98. The molecule has 5 heteroatoms. The number of aromatic nitrogens is 1. The summed E-state index contributed by atoms with van der Waals surface area (Å²) in [4.78, 5) is 2.00. The average Bonchev–Trinajstić information content (AvgIpc) is 2.94. The Morgan fingerprint density at radius 2 is 1.79 bits per heavy atom. The third kappa shape index (κ3) is 4.58. The van der Waals surface area contributed by atoms with Gasteiger partial charge in [-0.3, -0.25) is 5.32 Å². The van der Waals surface area contributed by atoms with E-state index in [1.165, 1.54) is 45.4 Å². The van der Waals surface area contributed by atoms with Crippen LogP contribution in [0.5, 0.6) is 0 Å². The Bertz CT molecular complexity index is 1260. The van der Waals surface area contributed by atoms with Gasteiger partial charge in [0, 0.05) is 55.3 Å². The first kappa shape index (κ1) is 22.2. The average molecular weight is 461 g/mol. The van der Waals surface area contributed by atoms with Crippen molar-refractivity contribution >= 4 is 29.2 Å². The maximum atomic E-state index is 13.4. The summed E-state index contributed by atoms with van der Waals surface area (Å²) >= 11 is 5.08. The van der Waals surface area contributed by atoms with Crippen LogP contribution in [0, 0.1) is 12.7 Å². The molecule has 0 bridgehead atoms. The van der Waals surface area contributed by atoms with Gasteiger partial charge in [0.05, 0.1) is 0 Å². The second-order valence-corrected chi connectivity index (χ2v) is 10.2. The maximum absolute atomic E-state index is 13.4. The van der Waals surface area contributed by atoms with Crippen molar-refractivity contribution in [3.05, 3.63) is 101 Å². The van der Waals surface area contributed by atoms with Gasteiger partial charge >= 0.3 is 0 Å². The summed E-state index contributed by atoms with van der Waals surface area (Å²) in [6.07, 6.45) is 2.12. The molecule has 33 heavy (non-hydrogen) atoms. The number of nitrogens with two attached hydrogens (primary N) is 1. The lowest BCUT2D eigenvalue weighted by molar-refractivity contribution is -0.647. The van der Waals surface area contributed by atoms with Crippen LogP contribution in [0.2, 0.25) is 0 Å². The lowest BCUT2D eigenvalue weighted by atomic mass is 10.1. The van der Waals surface area contributed by atoms with Gasteiger partial charge in [-0.1, -0.05) is 54.6 Å². The number of rotatable bonds is 5. The SMILES string of the molecule is Cc1ccc2c(c1)c1c(n2Cc2ccccc2)CCCN(C(C)(S)[NH2+]c2ccc(F)cc2)C1. The predicted molar refractivity (Wildman–Crippen MR) is 136 cm³/mol. The van der Waals surface area contributed by atoms with Gasteiger partial charge in [-0.2, -0.15) is 0 Å². The lowest BCUT2D eigenvalue weighted by Crippen LogP contribution is -2.93. The first-order chi connectivity index (χ1) is 15.9. The van der Waals surface area contributed by atoms with Crippen LogP contribution in [0.4, 0.5) is 10.1 Å². The highest BCUT2D eigenvalue weighted by Gasteiger charge is 2.35. The first-order valence-corrected chi connectivity index (χ1v) is 12.1. The molecule has 0 saturated carbocycles. The molecule has 1 aliphatic heterocycles.